The molecule has 4 heterocycles. The van der Waals surface area contributed by atoms with Crippen molar-refractivity contribution in [2.45, 2.75) is 4.21 Å². The van der Waals surface area contributed by atoms with E-state index in [-0.39, 0.29) is 5.82 Å². The highest BCUT2D eigenvalue weighted by Gasteiger charge is 2.30. The lowest BCUT2D eigenvalue weighted by molar-refractivity contribution is 0.385. The minimum Gasteiger partial charge on any atom is -0.352 e. The number of sulfonamides is 1. The number of nitrogens with zero attached hydrogens (tertiary/aromatic N) is 7. The number of hydrogen-bond acceptors (Lipinski definition) is 8. The molecule has 1 aliphatic rings. The summed E-state index contributed by atoms with van der Waals surface area (Å²) in [5, 5.41) is 10.1. The second-order valence-corrected chi connectivity index (χ2v) is 9.79. The van der Waals surface area contributed by atoms with E-state index in [0.717, 1.165) is 0 Å². The van der Waals surface area contributed by atoms with Gasteiger partial charge in [0.15, 0.2) is 17.0 Å². The molecule has 1 saturated heterocycles. The van der Waals surface area contributed by atoms with Crippen LogP contribution in [0.5, 0.6) is 0 Å². The number of benzene rings is 1. The van der Waals surface area contributed by atoms with Crippen molar-refractivity contribution in [3.05, 3.63) is 53.9 Å². The molecular weight excluding hydrogens is 429 g/mol. The van der Waals surface area contributed by atoms with Crippen LogP contribution < -0.4 is 4.90 Å². The fourth-order valence-electron chi connectivity index (χ4n) is 3.43. The largest absolute Gasteiger partial charge is 0.352 e. The lowest BCUT2D eigenvalue weighted by Gasteiger charge is -2.34. The summed E-state index contributed by atoms with van der Waals surface area (Å²) in [6.45, 7) is 1.60. The molecule has 0 aliphatic carbocycles. The molecule has 4 aromatic rings. The molecule has 30 heavy (non-hydrogen) atoms. The molecule has 0 radical (unpaired) electrons. The van der Waals surface area contributed by atoms with E-state index in [1.54, 1.807) is 29.6 Å². The van der Waals surface area contributed by atoms with Gasteiger partial charge in [-0.1, -0.05) is 17.3 Å². The van der Waals surface area contributed by atoms with Gasteiger partial charge in [-0.15, -0.1) is 16.4 Å². The highest BCUT2D eigenvalue weighted by molar-refractivity contribution is 7.91. The quantitative estimate of drug-likeness (QED) is 0.473. The Labute approximate surface area is 175 Å². The lowest BCUT2D eigenvalue weighted by atomic mass is 10.3. The Morgan fingerprint density at radius 1 is 1.03 bits per heavy atom. The third kappa shape index (κ3) is 3.22. The molecule has 12 heteroatoms. The molecule has 5 rings (SSSR count). The second-order valence-electron chi connectivity index (χ2n) is 6.67. The van der Waals surface area contributed by atoms with Crippen LogP contribution >= 0.6 is 11.3 Å². The fourth-order valence-corrected chi connectivity index (χ4v) is 5.99. The molecule has 0 unspecified atom stereocenters. The molecule has 0 atom stereocenters. The van der Waals surface area contributed by atoms with E-state index in [1.807, 2.05) is 4.90 Å². The van der Waals surface area contributed by atoms with Crippen LogP contribution in [0.1, 0.15) is 0 Å². The predicted octanol–water partition coefficient (Wildman–Crippen LogP) is 1.92. The Kier molecular flexibility index (Phi) is 4.68. The van der Waals surface area contributed by atoms with Crippen molar-refractivity contribution in [2.24, 2.45) is 0 Å². The molecule has 0 amide bonds. The zero-order chi connectivity index (χ0) is 20.7. The topological polar surface area (TPSA) is 97.1 Å². The van der Waals surface area contributed by atoms with Gasteiger partial charge in [-0.2, -0.15) is 8.99 Å². The summed E-state index contributed by atoms with van der Waals surface area (Å²) in [5.41, 5.74) is 1.45. The van der Waals surface area contributed by atoms with Crippen LogP contribution in [0, 0.1) is 5.82 Å². The minimum absolute atomic E-state index is 0.337. The summed E-state index contributed by atoms with van der Waals surface area (Å²) < 4.78 is 42.4. The normalized spacial score (nSPS) is 15.7. The summed E-state index contributed by atoms with van der Waals surface area (Å²) in [5.74, 6) is 0.198. The van der Waals surface area contributed by atoms with Crippen molar-refractivity contribution < 1.29 is 12.8 Å². The lowest BCUT2D eigenvalue weighted by Crippen LogP contribution is -2.48. The van der Waals surface area contributed by atoms with Gasteiger partial charge in [0.2, 0.25) is 0 Å². The summed E-state index contributed by atoms with van der Waals surface area (Å²) >= 11 is 1.21. The Morgan fingerprint density at radius 3 is 2.60 bits per heavy atom. The molecule has 0 N–H and O–H groups in total. The van der Waals surface area contributed by atoms with Gasteiger partial charge in [0.25, 0.3) is 10.0 Å². The molecule has 0 spiro atoms. The second kappa shape index (κ2) is 7.38. The maximum Gasteiger partial charge on any atom is 0.252 e. The van der Waals surface area contributed by atoms with Gasteiger partial charge in [-0.05, 0) is 29.6 Å². The van der Waals surface area contributed by atoms with Crippen molar-refractivity contribution in [1.82, 2.24) is 29.3 Å². The van der Waals surface area contributed by atoms with Gasteiger partial charge in [0.1, 0.15) is 16.4 Å². The molecule has 1 aromatic carbocycles. The van der Waals surface area contributed by atoms with E-state index in [0.29, 0.717) is 53.1 Å². The maximum absolute atomic E-state index is 13.6. The van der Waals surface area contributed by atoms with Gasteiger partial charge >= 0.3 is 0 Å². The Bertz CT molecular complexity index is 1300. The maximum atomic E-state index is 13.6. The zero-order valence-corrected chi connectivity index (χ0v) is 17.2. The molecule has 154 valence electrons. The number of anilines is 1. The summed E-state index contributed by atoms with van der Waals surface area (Å²) in [6, 6.07) is 9.36. The van der Waals surface area contributed by atoms with Crippen molar-refractivity contribution in [3.63, 3.8) is 0 Å². The number of thiophene rings is 1. The molecule has 3 aromatic heterocycles. The third-order valence-corrected chi connectivity index (χ3v) is 8.17. The average molecular weight is 446 g/mol. The van der Waals surface area contributed by atoms with E-state index in [9.17, 15) is 12.8 Å². The van der Waals surface area contributed by atoms with E-state index in [1.165, 1.54) is 38.8 Å². The van der Waals surface area contributed by atoms with Crippen LogP contribution in [-0.4, -0.2) is 63.9 Å². The smallest absolute Gasteiger partial charge is 0.252 e. The first-order chi connectivity index (χ1) is 14.5. The van der Waals surface area contributed by atoms with E-state index < -0.39 is 10.0 Å². The molecule has 1 aliphatic heterocycles. The number of fused-ring (bicyclic) bond motifs is 1. The highest BCUT2D eigenvalue weighted by atomic mass is 32.2. The number of rotatable bonds is 4. The first-order valence-corrected chi connectivity index (χ1v) is 11.5. The van der Waals surface area contributed by atoms with Gasteiger partial charge in [0.05, 0.1) is 5.69 Å². The van der Waals surface area contributed by atoms with Gasteiger partial charge in [-0.25, -0.2) is 22.8 Å². The molecule has 1 fully saturated rings. The minimum atomic E-state index is -3.48. The van der Waals surface area contributed by atoms with Crippen LogP contribution in [0.25, 0.3) is 16.9 Å². The Balaban J connectivity index is 1.42. The SMILES string of the molecule is O=S(=O)(c1cccs1)N1CCN(c2ncnc3c2nnn3-c2cccc(F)c2)CC1. The van der Waals surface area contributed by atoms with Crippen LogP contribution in [0.2, 0.25) is 0 Å². The van der Waals surface area contributed by atoms with Gasteiger partial charge in [0, 0.05) is 26.2 Å². The number of hydrogen-bond donors (Lipinski definition) is 0. The first kappa shape index (κ1) is 19.0. The Morgan fingerprint density at radius 2 is 1.87 bits per heavy atom. The van der Waals surface area contributed by atoms with Crippen molar-refractivity contribution in [1.29, 1.82) is 0 Å². The molecule has 0 bridgehead atoms. The van der Waals surface area contributed by atoms with E-state index >= 15 is 0 Å². The summed E-state index contributed by atoms with van der Waals surface area (Å²) in [6.07, 6.45) is 1.41. The number of aromatic nitrogens is 5. The van der Waals surface area contributed by atoms with Crippen LogP contribution in [0.15, 0.2) is 52.3 Å². The van der Waals surface area contributed by atoms with Gasteiger partial charge < -0.3 is 4.90 Å². The molecular formula is C18H16FN7O2S2. The van der Waals surface area contributed by atoms with Gasteiger partial charge in [-0.3, -0.25) is 0 Å². The number of halogens is 1. The van der Waals surface area contributed by atoms with Crippen LogP contribution in [-0.2, 0) is 10.0 Å². The van der Waals surface area contributed by atoms with Crippen LogP contribution in [0.3, 0.4) is 0 Å². The highest BCUT2D eigenvalue weighted by Crippen LogP contribution is 2.26. The van der Waals surface area contributed by atoms with E-state index in [2.05, 4.69) is 20.3 Å². The summed E-state index contributed by atoms with van der Waals surface area (Å²) in [7, 11) is -3.48. The fraction of sp³-hybridized carbons (Fsp3) is 0.222. The Hall–Kier alpha value is -2.96. The van der Waals surface area contributed by atoms with Crippen molar-refractivity contribution in [2.75, 3.05) is 31.1 Å². The standard InChI is InChI=1S/C18H16FN7O2S2/c19-13-3-1-4-14(11-13)26-18-16(22-23-26)17(20-12-21-18)24-6-8-25(9-7-24)30(27,28)15-5-2-10-29-15/h1-5,10-12H,6-9H2. The first-order valence-electron chi connectivity index (χ1n) is 9.15. The third-order valence-electron chi connectivity index (χ3n) is 4.90. The predicted molar refractivity (Wildman–Crippen MR) is 110 cm³/mol. The average Bonchev–Trinajstić information content (AvgIpc) is 3.44. The van der Waals surface area contributed by atoms with Crippen molar-refractivity contribution in [3.8, 4) is 5.69 Å². The molecule has 9 nitrogen and oxygen atoms in total. The molecule has 0 saturated carbocycles. The number of piperazine rings is 1. The zero-order valence-electron chi connectivity index (χ0n) is 15.6. The van der Waals surface area contributed by atoms with Crippen LogP contribution in [0.4, 0.5) is 10.2 Å². The van der Waals surface area contributed by atoms with E-state index in [4.69, 9.17) is 0 Å². The summed E-state index contributed by atoms with van der Waals surface area (Å²) in [4.78, 5) is 10.6. The monoisotopic (exact) mass is 445 g/mol. The van der Waals surface area contributed by atoms with Crippen molar-refractivity contribution >= 4 is 38.3 Å².